The van der Waals surface area contributed by atoms with E-state index in [2.05, 4.69) is 50.5 Å². The Labute approximate surface area is 201 Å². The first kappa shape index (κ1) is 27.4. The third-order valence-electron chi connectivity index (χ3n) is 7.81. The summed E-state index contributed by atoms with van der Waals surface area (Å²) in [6.45, 7) is 10.6. The van der Waals surface area contributed by atoms with E-state index in [-0.39, 0.29) is 6.10 Å². The largest absolute Gasteiger partial charge is 0.464 e. The zero-order valence-corrected chi connectivity index (χ0v) is 23.7. The summed E-state index contributed by atoms with van der Waals surface area (Å²) in [5, 5.41) is 3.24. The molecule has 1 aromatic rings. The molecule has 1 fully saturated rings. The number of hydrogen-bond donors (Lipinski definition) is 0. The van der Waals surface area contributed by atoms with Crippen LogP contribution in [0.4, 0.5) is 0 Å². The van der Waals surface area contributed by atoms with Gasteiger partial charge in [0.15, 0.2) is 0 Å². The van der Waals surface area contributed by atoms with Crippen molar-refractivity contribution >= 4 is 33.7 Å². The molecule has 0 aromatic heterocycles. The first-order chi connectivity index (χ1) is 15.4. The van der Waals surface area contributed by atoms with Crippen LogP contribution in [0.2, 0.25) is 32.2 Å². The molecule has 0 aliphatic heterocycles. The number of hydrogen-bond acceptors (Lipinski definition) is 2. The van der Waals surface area contributed by atoms with Gasteiger partial charge in [-0.15, -0.1) is 0 Å². The summed E-state index contributed by atoms with van der Waals surface area (Å²) >= 11 is 0. The average molecular weight is 475 g/mol. The Morgan fingerprint density at radius 3 is 2.03 bits per heavy atom. The van der Waals surface area contributed by atoms with Crippen LogP contribution in [0.3, 0.4) is 0 Å². The second-order valence-electron chi connectivity index (χ2n) is 11.2. The van der Waals surface area contributed by atoms with Gasteiger partial charge in [0.25, 0.3) is 6.47 Å². The number of rotatable bonds is 16. The molecule has 2 nitrogen and oxygen atoms in total. The van der Waals surface area contributed by atoms with Crippen LogP contribution in [-0.4, -0.2) is 29.4 Å². The van der Waals surface area contributed by atoms with Gasteiger partial charge in [-0.25, -0.2) is 0 Å². The molecule has 32 heavy (non-hydrogen) atoms. The molecule has 0 amide bonds. The van der Waals surface area contributed by atoms with Crippen molar-refractivity contribution in [2.75, 3.05) is 0 Å². The number of unbranched alkanes of at least 4 members (excludes halogenated alkanes) is 7. The van der Waals surface area contributed by atoms with Crippen molar-refractivity contribution in [2.24, 2.45) is 5.92 Å². The zero-order chi connectivity index (χ0) is 23.2. The SMILES string of the molecule is C[SiH](C)c1ccc([Si](C)(C)CCCCCCCCCCC(OC=O)C2CCCCC2)cc1. The first-order valence-electron chi connectivity index (χ1n) is 13.6. The molecule has 0 heterocycles. The summed E-state index contributed by atoms with van der Waals surface area (Å²) in [4.78, 5) is 10.9. The van der Waals surface area contributed by atoms with Gasteiger partial charge in [0.1, 0.15) is 6.10 Å². The molecular formula is C28H50O2Si2. The average Bonchev–Trinajstić information content (AvgIpc) is 2.80. The molecule has 0 bridgehead atoms. The van der Waals surface area contributed by atoms with Crippen molar-refractivity contribution in [3.8, 4) is 0 Å². The molecule has 1 saturated carbocycles. The van der Waals surface area contributed by atoms with Gasteiger partial charge in [-0.3, -0.25) is 4.79 Å². The molecule has 1 aliphatic rings. The Bertz CT molecular complexity index is 621. The minimum absolute atomic E-state index is 0.184. The molecule has 1 aliphatic carbocycles. The molecule has 0 saturated heterocycles. The van der Waals surface area contributed by atoms with E-state index in [1.165, 1.54) is 89.5 Å². The Kier molecular flexibility index (Phi) is 12.9. The summed E-state index contributed by atoms with van der Waals surface area (Å²) in [6, 6.07) is 11.1. The minimum atomic E-state index is -1.28. The van der Waals surface area contributed by atoms with Crippen LogP contribution in [0.15, 0.2) is 24.3 Å². The van der Waals surface area contributed by atoms with Crippen molar-refractivity contribution in [3.63, 3.8) is 0 Å². The van der Waals surface area contributed by atoms with Gasteiger partial charge in [0, 0.05) is 0 Å². The van der Waals surface area contributed by atoms with E-state index in [1.54, 1.807) is 10.4 Å². The molecule has 1 aromatic carbocycles. The van der Waals surface area contributed by atoms with Crippen molar-refractivity contribution in [1.29, 1.82) is 0 Å². The number of carbonyl (C=O) groups is 1. The maximum atomic E-state index is 10.9. The summed E-state index contributed by atoms with van der Waals surface area (Å²) in [5.41, 5.74) is 0. The lowest BCUT2D eigenvalue weighted by atomic mass is 9.83. The maximum Gasteiger partial charge on any atom is 0.293 e. The van der Waals surface area contributed by atoms with Crippen LogP contribution in [0, 0.1) is 5.92 Å². The molecule has 1 unspecified atom stereocenters. The maximum absolute atomic E-state index is 10.9. The van der Waals surface area contributed by atoms with Crippen LogP contribution in [0.1, 0.15) is 89.9 Å². The second kappa shape index (κ2) is 15.1. The molecule has 0 radical (unpaired) electrons. The Balaban J connectivity index is 1.51. The fourth-order valence-corrected chi connectivity index (χ4v) is 8.88. The van der Waals surface area contributed by atoms with Crippen molar-refractivity contribution in [3.05, 3.63) is 24.3 Å². The van der Waals surface area contributed by atoms with E-state index >= 15 is 0 Å². The number of ether oxygens (including phenoxy) is 1. The van der Waals surface area contributed by atoms with Gasteiger partial charge in [-0.05, 0) is 31.6 Å². The summed E-state index contributed by atoms with van der Waals surface area (Å²) in [6.07, 6.45) is 18.5. The first-order valence-corrected chi connectivity index (χ1v) is 19.7. The topological polar surface area (TPSA) is 26.3 Å². The normalized spacial score (nSPS) is 16.3. The van der Waals surface area contributed by atoms with Crippen molar-refractivity contribution in [1.82, 2.24) is 0 Å². The fourth-order valence-electron chi connectivity index (χ4n) is 5.43. The lowest BCUT2D eigenvalue weighted by Crippen LogP contribution is -2.42. The van der Waals surface area contributed by atoms with E-state index in [4.69, 9.17) is 4.74 Å². The number of carbonyl (C=O) groups excluding carboxylic acids is 1. The summed E-state index contributed by atoms with van der Waals surface area (Å²) < 4.78 is 5.45. The molecule has 182 valence electrons. The van der Waals surface area contributed by atoms with Crippen LogP contribution in [0.5, 0.6) is 0 Å². The molecular weight excluding hydrogens is 424 g/mol. The van der Waals surface area contributed by atoms with Gasteiger partial charge in [-0.2, -0.15) is 0 Å². The van der Waals surface area contributed by atoms with Crippen molar-refractivity contribution in [2.45, 2.75) is 128 Å². The van der Waals surface area contributed by atoms with E-state index in [9.17, 15) is 4.79 Å². The van der Waals surface area contributed by atoms with Gasteiger partial charge < -0.3 is 4.74 Å². The molecule has 1 atom stereocenters. The van der Waals surface area contributed by atoms with E-state index in [0.29, 0.717) is 12.4 Å². The Morgan fingerprint density at radius 1 is 0.906 bits per heavy atom. The smallest absolute Gasteiger partial charge is 0.293 e. The summed E-state index contributed by atoms with van der Waals surface area (Å²) in [5.74, 6) is 0.622. The monoisotopic (exact) mass is 474 g/mol. The van der Waals surface area contributed by atoms with E-state index in [1.807, 2.05) is 0 Å². The second-order valence-corrected chi connectivity index (χ2v) is 19.0. The molecule has 2 rings (SSSR count). The Hall–Kier alpha value is -0.876. The third kappa shape index (κ3) is 9.95. The fraction of sp³-hybridized carbons (Fsp3) is 0.750. The van der Waals surface area contributed by atoms with Crippen molar-refractivity contribution < 1.29 is 9.53 Å². The van der Waals surface area contributed by atoms with Gasteiger partial charge in [0.2, 0.25) is 0 Å². The quantitative estimate of drug-likeness (QED) is 0.147. The zero-order valence-electron chi connectivity index (χ0n) is 21.5. The lowest BCUT2D eigenvalue weighted by molar-refractivity contribution is -0.137. The van der Waals surface area contributed by atoms with Crippen LogP contribution in [-0.2, 0) is 9.53 Å². The third-order valence-corrected chi connectivity index (χ3v) is 13.0. The van der Waals surface area contributed by atoms with Crippen LogP contribution >= 0.6 is 0 Å². The molecule has 0 N–H and O–H groups in total. The predicted molar refractivity (Wildman–Crippen MR) is 146 cm³/mol. The van der Waals surface area contributed by atoms with Gasteiger partial charge in [-0.1, -0.05) is 131 Å². The standard InChI is InChI=1S/C28H50O2Si2/c1-31(2)26-19-21-27(22-20-26)32(3,4)23-15-10-8-6-5-7-9-14-18-28(30-24-29)25-16-12-11-13-17-25/h19-22,24-25,28,31H,5-18,23H2,1-4H3. The predicted octanol–water partition coefficient (Wildman–Crippen LogP) is 6.93. The highest BCUT2D eigenvalue weighted by Gasteiger charge is 2.24. The summed E-state index contributed by atoms with van der Waals surface area (Å²) in [7, 11) is -1.95. The molecule has 0 spiro atoms. The van der Waals surface area contributed by atoms with Gasteiger partial charge in [0.05, 0.1) is 16.9 Å². The highest BCUT2D eigenvalue weighted by molar-refractivity contribution is 6.89. The number of benzene rings is 1. The van der Waals surface area contributed by atoms with Gasteiger partial charge >= 0.3 is 0 Å². The van der Waals surface area contributed by atoms with Crippen LogP contribution in [0.25, 0.3) is 0 Å². The highest BCUT2D eigenvalue weighted by Crippen LogP contribution is 2.30. The minimum Gasteiger partial charge on any atom is -0.464 e. The van der Waals surface area contributed by atoms with E-state index < -0.39 is 16.9 Å². The van der Waals surface area contributed by atoms with E-state index in [0.717, 1.165) is 6.42 Å². The van der Waals surface area contributed by atoms with Crippen LogP contribution < -0.4 is 10.4 Å². The highest BCUT2D eigenvalue weighted by atomic mass is 28.3. The Morgan fingerprint density at radius 2 is 1.47 bits per heavy atom. The lowest BCUT2D eigenvalue weighted by Gasteiger charge is -2.28. The molecule has 4 heteroatoms.